The Morgan fingerprint density at radius 1 is 1.11 bits per heavy atom. The van der Waals surface area contributed by atoms with Gasteiger partial charge in [0.05, 0.1) is 4.90 Å². The van der Waals surface area contributed by atoms with Crippen molar-refractivity contribution in [2.75, 3.05) is 20.1 Å². The van der Waals surface area contributed by atoms with Crippen molar-refractivity contribution in [1.82, 2.24) is 10.0 Å². The summed E-state index contributed by atoms with van der Waals surface area (Å²) in [5, 5.41) is 2.90. The molecule has 0 unspecified atom stereocenters. The molecule has 0 heterocycles. The van der Waals surface area contributed by atoms with Gasteiger partial charge in [-0.3, -0.25) is 0 Å². The molecule has 0 spiro atoms. The third kappa shape index (κ3) is 4.30. The summed E-state index contributed by atoms with van der Waals surface area (Å²) < 4.78 is 26.6. The van der Waals surface area contributed by atoms with Gasteiger partial charge in [-0.2, -0.15) is 0 Å². The third-order valence-electron chi connectivity index (χ3n) is 3.50. The van der Waals surface area contributed by atoms with E-state index < -0.39 is 10.0 Å². The van der Waals surface area contributed by atoms with E-state index in [0.717, 1.165) is 12.0 Å². The number of hydrogen-bond donors (Lipinski definition) is 2. The van der Waals surface area contributed by atoms with E-state index in [1.165, 1.54) is 0 Å². The maximum Gasteiger partial charge on any atom is 0.240 e. The molecule has 1 aromatic carbocycles. The molecule has 1 rings (SSSR count). The zero-order chi connectivity index (χ0) is 14.5. The van der Waals surface area contributed by atoms with E-state index in [4.69, 9.17) is 0 Å². The minimum atomic E-state index is -3.39. The molecule has 0 aliphatic rings. The zero-order valence-corrected chi connectivity index (χ0v) is 13.0. The first-order chi connectivity index (χ1) is 8.83. The van der Waals surface area contributed by atoms with Gasteiger partial charge < -0.3 is 5.32 Å². The maximum atomic E-state index is 12.0. The second-order valence-electron chi connectivity index (χ2n) is 5.26. The predicted molar refractivity (Wildman–Crippen MR) is 78.9 cm³/mol. The van der Waals surface area contributed by atoms with Crippen molar-refractivity contribution >= 4 is 10.0 Å². The monoisotopic (exact) mass is 284 g/mol. The average Bonchev–Trinajstić information content (AvgIpc) is 2.39. The normalized spacial score (nSPS) is 12.6. The lowest BCUT2D eigenvalue weighted by Crippen LogP contribution is -2.30. The lowest BCUT2D eigenvalue weighted by atomic mass is 9.82. The van der Waals surface area contributed by atoms with Crippen molar-refractivity contribution in [1.29, 1.82) is 0 Å². The van der Waals surface area contributed by atoms with Gasteiger partial charge in [0.2, 0.25) is 10.0 Å². The summed E-state index contributed by atoms with van der Waals surface area (Å²) in [6, 6.07) is 7.15. The first kappa shape index (κ1) is 16.1. The Labute approximate surface area is 116 Å². The highest BCUT2D eigenvalue weighted by atomic mass is 32.2. The van der Waals surface area contributed by atoms with Gasteiger partial charge >= 0.3 is 0 Å². The SMILES string of the molecule is CCC(C)(C)c1ccc(S(=O)(=O)NCCNC)cc1. The molecule has 0 saturated carbocycles. The second-order valence-corrected chi connectivity index (χ2v) is 7.03. The van der Waals surface area contributed by atoms with Gasteiger partial charge in [-0.1, -0.05) is 32.9 Å². The van der Waals surface area contributed by atoms with Crippen LogP contribution in [0.2, 0.25) is 0 Å². The van der Waals surface area contributed by atoms with Crippen LogP contribution in [0.5, 0.6) is 0 Å². The van der Waals surface area contributed by atoms with Gasteiger partial charge in [0.25, 0.3) is 0 Å². The van der Waals surface area contributed by atoms with Crippen LogP contribution in [0, 0.1) is 0 Å². The van der Waals surface area contributed by atoms with Gasteiger partial charge in [0, 0.05) is 13.1 Å². The van der Waals surface area contributed by atoms with Gasteiger partial charge in [0.1, 0.15) is 0 Å². The van der Waals surface area contributed by atoms with Crippen molar-refractivity contribution in [2.24, 2.45) is 0 Å². The summed E-state index contributed by atoms with van der Waals surface area (Å²) in [7, 11) is -1.60. The van der Waals surface area contributed by atoms with Crippen LogP contribution in [0.25, 0.3) is 0 Å². The highest BCUT2D eigenvalue weighted by Crippen LogP contribution is 2.27. The Hall–Kier alpha value is -0.910. The summed E-state index contributed by atoms with van der Waals surface area (Å²) in [6.07, 6.45) is 1.01. The van der Waals surface area contributed by atoms with Crippen LogP contribution < -0.4 is 10.0 Å². The summed E-state index contributed by atoms with van der Waals surface area (Å²) in [5.41, 5.74) is 1.23. The molecule has 0 saturated heterocycles. The number of sulfonamides is 1. The third-order valence-corrected chi connectivity index (χ3v) is 4.97. The molecule has 0 aliphatic carbocycles. The van der Waals surface area contributed by atoms with Crippen molar-refractivity contribution in [3.05, 3.63) is 29.8 Å². The van der Waals surface area contributed by atoms with Crippen LogP contribution in [0.15, 0.2) is 29.2 Å². The Bertz CT molecular complexity index is 493. The fraction of sp³-hybridized carbons (Fsp3) is 0.571. The summed E-state index contributed by atoms with van der Waals surface area (Å²) >= 11 is 0. The van der Waals surface area contributed by atoms with Crippen LogP contribution in [0.3, 0.4) is 0 Å². The van der Waals surface area contributed by atoms with Crippen molar-refractivity contribution in [3.63, 3.8) is 0 Å². The Balaban J connectivity index is 2.87. The van der Waals surface area contributed by atoms with E-state index in [1.807, 2.05) is 12.1 Å². The number of likely N-dealkylation sites (N-methyl/N-ethyl adjacent to an activating group) is 1. The number of rotatable bonds is 7. The highest BCUT2D eigenvalue weighted by molar-refractivity contribution is 7.89. The standard InChI is InChI=1S/C14H24N2O2S/c1-5-14(2,3)12-6-8-13(9-7-12)19(17,18)16-11-10-15-4/h6-9,15-16H,5,10-11H2,1-4H3. The summed E-state index contributed by atoms with van der Waals surface area (Å²) in [5.74, 6) is 0. The summed E-state index contributed by atoms with van der Waals surface area (Å²) in [6.45, 7) is 7.44. The smallest absolute Gasteiger partial charge is 0.240 e. The molecule has 0 aromatic heterocycles. The van der Waals surface area contributed by atoms with E-state index in [-0.39, 0.29) is 5.41 Å². The molecule has 1 aromatic rings. The highest BCUT2D eigenvalue weighted by Gasteiger charge is 2.19. The topological polar surface area (TPSA) is 58.2 Å². The van der Waals surface area contributed by atoms with Crippen LogP contribution in [-0.2, 0) is 15.4 Å². The fourth-order valence-corrected chi connectivity index (χ4v) is 2.71. The molecule has 2 N–H and O–H groups in total. The van der Waals surface area contributed by atoms with E-state index >= 15 is 0 Å². The molecule has 0 bridgehead atoms. The van der Waals surface area contributed by atoms with E-state index in [2.05, 4.69) is 30.8 Å². The Kier molecular flexibility index (Phi) is 5.52. The largest absolute Gasteiger partial charge is 0.318 e. The van der Waals surface area contributed by atoms with E-state index in [9.17, 15) is 8.42 Å². The van der Waals surface area contributed by atoms with Crippen molar-refractivity contribution < 1.29 is 8.42 Å². The minimum absolute atomic E-state index is 0.0713. The molecule has 0 radical (unpaired) electrons. The number of nitrogens with one attached hydrogen (secondary N) is 2. The molecule has 0 atom stereocenters. The van der Waals surface area contributed by atoms with Crippen LogP contribution in [-0.4, -0.2) is 28.6 Å². The second kappa shape index (κ2) is 6.50. The zero-order valence-electron chi connectivity index (χ0n) is 12.2. The van der Waals surface area contributed by atoms with Gasteiger partial charge in [0.15, 0.2) is 0 Å². The molecule has 0 aliphatic heterocycles. The van der Waals surface area contributed by atoms with Gasteiger partial charge in [-0.05, 0) is 36.6 Å². The lowest BCUT2D eigenvalue weighted by molar-refractivity contribution is 0.505. The molecular formula is C14H24N2O2S. The van der Waals surface area contributed by atoms with Gasteiger partial charge in [-0.25, -0.2) is 13.1 Å². The van der Waals surface area contributed by atoms with E-state index in [1.54, 1.807) is 19.2 Å². The van der Waals surface area contributed by atoms with Crippen LogP contribution >= 0.6 is 0 Å². The predicted octanol–water partition coefficient (Wildman–Crippen LogP) is 1.87. The van der Waals surface area contributed by atoms with Crippen LogP contribution in [0.1, 0.15) is 32.8 Å². The molecule has 4 nitrogen and oxygen atoms in total. The fourth-order valence-electron chi connectivity index (χ4n) is 1.68. The van der Waals surface area contributed by atoms with Gasteiger partial charge in [-0.15, -0.1) is 0 Å². The number of hydrogen-bond acceptors (Lipinski definition) is 3. The van der Waals surface area contributed by atoms with Crippen molar-refractivity contribution in [3.8, 4) is 0 Å². The number of benzene rings is 1. The molecule has 0 amide bonds. The Morgan fingerprint density at radius 3 is 2.16 bits per heavy atom. The molecule has 5 heteroatoms. The first-order valence-corrected chi connectivity index (χ1v) is 8.06. The minimum Gasteiger partial charge on any atom is -0.318 e. The maximum absolute atomic E-state index is 12.0. The molecule has 19 heavy (non-hydrogen) atoms. The molecular weight excluding hydrogens is 260 g/mol. The van der Waals surface area contributed by atoms with E-state index in [0.29, 0.717) is 18.0 Å². The quantitative estimate of drug-likeness (QED) is 0.752. The first-order valence-electron chi connectivity index (χ1n) is 6.58. The van der Waals surface area contributed by atoms with Crippen LogP contribution in [0.4, 0.5) is 0 Å². The van der Waals surface area contributed by atoms with Crippen molar-refractivity contribution in [2.45, 2.75) is 37.5 Å². The molecule has 108 valence electrons. The average molecular weight is 284 g/mol. The molecule has 0 fully saturated rings. The summed E-state index contributed by atoms with van der Waals surface area (Å²) in [4.78, 5) is 0.319. The Morgan fingerprint density at radius 2 is 1.68 bits per heavy atom. The lowest BCUT2D eigenvalue weighted by Gasteiger charge is -2.23.